The fourth-order valence-electron chi connectivity index (χ4n) is 1.73. The summed E-state index contributed by atoms with van der Waals surface area (Å²) >= 11 is 5.72. The summed E-state index contributed by atoms with van der Waals surface area (Å²) in [5.41, 5.74) is 0.233. The van der Waals surface area contributed by atoms with Gasteiger partial charge in [-0.3, -0.25) is 0 Å². The van der Waals surface area contributed by atoms with E-state index >= 15 is 0 Å². The van der Waals surface area contributed by atoms with Crippen LogP contribution in [0.2, 0.25) is 5.02 Å². The van der Waals surface area contributed by atoms with Gasteiger partial charge in [0.1, 0.15) is 5.82 Å². The molecule has 1 N–H and O–H groups in total. The first-order chi connectivity index (χ1) is 10.6. The molecule has 3 rings (SSSR count). The van der Waals surface area contributed by atoms with Gasteiger partial charge in [0.05, 0.1) is 16.8 Å². The standard InChI is InChI=1S/C15H9ClFN3O2/c16-9-5-6-13(18-7-9)19-8-12-15(21)22-14(20-12)10-3-1-2-4-11(10)17/h1-8,21H. The molecular formula is C15H9ClFN3O2. The quantitative estimate of drug-likeness (QED) is 0.741. The van der Waals surface area contributed by atoms with Crippen LogP contribution in [0.4, 0.5) is 10.2 Å². The summed E-state index contributed by atoms with van der Waals surface area (Å²) in [5, 5.41) is 10.2. The molecule has 5 nitrogen and oxygen atoms in total. The lowest BCUT2D eigenvalue weighted by Crippen LogP contribution is -1.86. The Bertz CT molecular complexity index is 831. The van der Waals surface area contributed by atoms with Crippen LogP contribution in [0.25, 0.3) is 11.5 Å². The molecule has 110 valence electrons. The van der Waals surface area contributed by atoms with Crippen LogP contribution < -0.4 is 0 Å². The Hall–Kier alpha value is -2.73. The molecule has 0 aliphatic carbocycles. The lowest BCUT2D eigenvalue weighted by molar-refractivity contribution is 0.336. The summed E-state index contributed by atoms with van der Waals surface area (Å²) in [6.07, 6.45) is 2.72. The van der Waals surface area contributed by atoms with Crippen molar-refractivity contribution >= 4 is 23.6 Å². The number of halogens is 2. The van der Waals surface area contributed by atoms with E-state index in [-0.39, 0.29) is 17.1 Å². The molecule has 0 aliphatic rings. The van der Waals surface area contributed by atoms with Crippen LogP contribution in [-0.2, 0) is 0 Å². The van der Waals surface area contributed by atoms with Crippen molar-refractivity contribution < 1.29 is 13.9 Å². The van der Waals surface area contributed by atoms with Gasteiger partial charge in [0.2, 0.25) is 5.89 Å². The van der Waals surface area contributed by atoms with E-state index < -0.39 is 11.8 Å². The van der Waals surface area contributed by atoms with E-state index in [1.807, 2.05) is 0 Å². The molecule has 0 saturated heterocycles. The van der Waals surface area contributed by atoms with E-state index in [4.69, 9.17) is 16.0 Å². The van der Waals surface area contributed by atoms with Crippen molar-refractivity contribution in [2.45, 2.75) is 0 Å². The molecular weight excluding hydrogens is 309 g/mol. The fourth-order valence-corrected chi connectivity index (χ4v) is 1.84. The van der Waals surface area contributed by atoms with Gasteiger partial charge in [0.15, 0.2) is 11.5 Å². The molecule has 0 fully saturated rings. The van der Waals surface area contributed by atoms with Crippen molar-refractivity contribution in [1.82, 2.24) is 9.97 Å². The minimum atomic E-state index is -0.494. The maximum atomic E-state index is 13.7. The summed E-state index contributed by atoms with van der Waals surface area (Å²) in [6, 6.07) is 9.22. The molecule has 2 aromatic heterocycles. The second-order valence-electron chi connectivity index (χ2n) is 4.28. The van der Waals surface area contributed by atoms with Crippen LogP contribution in [0, 0.1) is 5.82 Å². The van der Waals surface area contributed by atoms with Crippen molar-refractivity contribution in [3.8, 4) is 17.4 Å². The lowest BCUT2D eigenvalue weighted by Gasteiger charge is -1.95. The molecule has 2 heterocycles. The number of pyridine rings is 1. The highest BCUT2D eigenvalue weighted by atomic mass is 35.5. The van der Waals surface area contributed by atoms with Crippen LogP contribution in [0.3, 0.4) is 0 Å². The molecule has 0 atom stereocenters. The first kappa shape index (κ1) is 14.2. The third-order valence-electron chi connectivity index (χ3n) is 2.77. The Kier molecular flexibility index (Phi) is 3.84. The zero-order valence-electron chi connectivity index (χ0n) is 11.1. The number of benzene rings is 1. The van der Waals surface area contributed by atoms with Gasteiger partial charge in [0, 0.05) is 6.20 Å². The van der Waals surface area contributed by atoms with Crippen LogP contribution in [0.5, 0.6) is 5.95 Å². The number of aliphatic imine (C=N–C) groups is 1. The maximum Gasteiger partial charge on any atom is 0.312 e. The number of aromatic hydroxyl groups is 1. The van der Waals surface area contributed by atoms with Crippen LogP contribution in [0.15, 0.2) is 52.0 Å². The summed E-state index contributed by atoms with van der Waals surface area (Å²) < 4.78 is 18.7. The second-order valence-corrected chi connectivity index (χ2v) is 4.72. The van der Waals surface area contributed by atoms with Gasteiger partial charge in [-0.25, -0.2) is 19.4 Å². The highest BCUT2D eigenvalue weighted by molar-refractivity contribution is 6.30. The van der Waals surface area contributed by atoms with E-state index in [9.17, 15) is 9.50 Å². The molecule has 22 heavy (non-hydrogen) atoms. The topological polar surface area (TPSA) is 71.5 Å². The minimum absolute atomic E-state index is 0.0267. The van der Waals surface area contributed by atoms with Crippen molar-refractivity contribution in [2.24, 2.45) is 4.99 Å². The molecule has 0 aliphatic heterocycles. The van der Waals surface area contributed by atoms with Gasteiger partial charge in [-0.1, -0.05) is 23.7 Å². The first-order valence-corrected chi connectivity index (χ1v) is 6.61. The van der Waals surface area contributed by atoms with Crippen molar-refractivity contribution in [1.29, 1.82) is 0 Å². The van der Waals surface area contributed by atoms with Gasteiger partial charge < -0.3 is 9.52 Å². The first-order valence-electron chi connectivity index (χ1n) is 6.24. The Balaban J connectivity index is 1.90. The Morgan fingerprint density at radius 3 is 2.77 bits per heavy atom. The summed E-state index contributed by atoms with van der Waals surface area (Å²) in [5.74, 6) is -0.581. The zero-order valence-corrected chi connectivity index (χ0v) is 11.8. The molecule has 0 saturated carbocycles. The molecule has 0 bridgehead atoms. The fraction of sp³-hybridized carbons (Fsp3) is 0. The van der Waals surface area contributed by atoms with Crippen LogP contribution in [0.1, 0.15) is 5.69 Å². The van der Waals surface area contributed by atoms with Gasteiger partial charge in [-0.15, -0.1) is 0 Å². The number of nitrogens with zero attached hydrogens (tertiary/aromatic N) is 3. The number of rotatable bonds is 3. The van der Waals surface area contributed by atoms with Crippen molar-refractivity contribution in [3.63, 3.8) is 0 Å². The SMILES string of the molecule is Oc1oc(-c2ccccc2F)nc1C=Nc1ccc(Cl)cn1. The largest absolute Gasteiger partial charge is 0.479 e. The van der Waals surface area contributed by atoms with Crippen LogP contribution >= 0.6 is 11.6 Å². The summed E-state index contributed by atoms with van der Waals surface area (Å²) in [6.45, 7) is 0. The highest BCUT2D eigenvalue weighted by Crippen LogP contribution is 2.27. The third kappa shape index (κ3) is 2.96. The van der Waals surface area contributed by atoms with Gasteiger partial charge in [-0.05, 0) is 24.3 Å². The monoisotopic (exact) mass is 317 g/mol. The third-order valence-corrected chi connectivity index (χ3v) is 2.99. The second kappa shape index (κ2) is 5.95. The number of oxazole rings is 1. The van der Waals surface area contributed by atoms with Gasteiger partial charge >= 0.3 is 5.95 Å². The predicted molar refractivity (Wildman–Crippen MR) is 80.1 cm³/mol. The van der Waals surface area contributed by atoms with Crippen molar-refractivity contribution in [3.05, 3.63) is 59.1 Å². The maximum absolute atomic E-state index is 13.7. The molecule has 0 spiro atoms. The molecule has 0 radical (unpaired) electrons. The molecule has 3 aromatic rings. The smallest absolute Gasteiger partial charge is 0.312 e. The summed E-state index contributed by atoms with van der Waals surface area (Å²) in [4.78, 5) is 12.0. The lowest BCUT2D eigenvalue weighted by atomic mass is 10.2. The van der Waals surface area contributed by atoms with E-state index in [0.29, 0.717) is 10.8 Å². The number of hydrogen-bond donors (Lipinski definition) is 1. The summed E-state index contributed by atoms with van der Waals surface area (Å²) in [7, 11) is 0. The van der Waals surface area contributed by atoms with E-state index in [0.717, 1.165) is 0 Å². The number of aromatic nitrogens is 2. The van der Waals surface area contributed by atoms with Crippen molar-refractivity contribution in [2.75, 3.05) is 0 Å². The van der Waals surface area contributed by atoms with Crippen LogP contribution in [-0.4, -0.2) is 21.3 Å². The Labute approximate surface area is 129 Å². The Morgan fingerprint density at radius 1 is 1.23 bits per heavy atom. The predicted octanol–water partition coefficient (Wildman–Crippen LogP) is 3.99. The molecule has 0 amide bonds. The average molecular weight is 318 g/mol. The van der Waals surface area contributed by atoms with E-state index in [2.05, 4.69) is 15.0 Å². The van der Waals surface area contributed by atoms with Gasteiger partial charge in [0.25, 0.3) is 0 Å². The number of hydrogen-bond acceptors (Lipinski definition) is 5. The zero-order chi connectivity index (χ0) is 15.5. The normalized spacial score (nSPS) is 11.2. The van der Waals surface area contributed by atoms with Gasteiger partial charge in [-0.2, -0.15) is 0 Å². The average Bonchev–Trinajstić information content (AvgIpc) is 2.88. The van der Waals surface area contributed by atoms with E-state index in [1.165, 1.54) is 24.5 Å². The molecule has 1 aromatic carbocycles. The molecule has 0 unspecified atom stereocenters. The van der Waals surface area contributed by atoms with E-state index in [1.54, 1.807) is 24.3 Å². The highest BCUT2D eigenvalue weighted by Gasteiger charge is 2.15. The Morgan fingerprint density at radius 2 is 2.05 bits per heavy atom. The molecule has 7 heteroatoms. The minimum Gasteiger partial charge on any atom is -0.479 e.